The van der Waals surface area contributed by atoms with E-state index in [-0.39, 0.29) is 33.5 Å². The van der Waals surface area contributed by atoms with Gasteiger partial charge in [-0.15, -0.1) is 0 Å². The van der Waals surface area contributed by atoms with Crippen molar-refractivity contribution in [2.45, 2.75) is 34.6 Å². The van der Waals surface area contributed by atoms with Crippen molar-refractivity contribution in [3.63, 3.8) is 0 Å². The number of carboxylic acids is 1. The lowest BCUT2D eigenvalue weighted by molar-refractivity contribution is -0.153. The van der Waals surface area contributed by atoms with E-state index in [1.165, 1.54) is 18.3 Å². The highest BCUT2D eigenvalue weighted by atomic mass is 35.5. The van der Waals surface area contributed by atoms with Gasteiger partial charge in [0.25, 0.3) is 0 Å². The molecule has 3 aromatic rings. The van der Waals surface area contributed by atoms with Crippen molar-refractivity contribution in [1.29, 1.82) is 0 Å². The molecule has 1 aromatic carbocycles. The number of aryl methyl sites for hydroxylation is 1. The number of hydrogen-bond acceptors (Lipinski definition) is 7. The van der Waals surface area contributed by atoms with E-state index in [1.54, 1.807) is 30.2 Å². The summed E-state index contributed by atoms with van der Waals surface area (Å²) in [5.74, 6) is -2.96. The van der Waals surface area contributed by atoms with Gasteiger partial charge in [0.1, 0.15) is 23.1 Å². The predicted molar refractivity (Wildman–Crippen MR) is 136 cm³/mol. The number of halogens is 3. The Morgan fingerprint density at radius 1 is 1.21 bits per heavy atom. The summed E-state index contributed by atoms with van der Waals surface area (Å²) in [6, 6.07) is 4.03. The van der Waals surface area contributed by atoms with Crippen LogP contribution in [0.3, 0.4) is 0 Å². The van der Waals surface area contributed by atoms with E-state index in [9.17, 15) is 27.5 Å². The van der Waals surface area contributed by atoms with Crippen LogP contribution < -0.4 is 5.32 Å². The Balaban J connectivity index is 1.46. The number of pyridine rings is 1. The summed E-state index contributed by atoms with van der Waals surface area (Å²) in [6.07, 6.45) is 4.36. The number of likely N-dealkylation sites (tertiary alicyclic amines) is 1. The summed E-state index contributed by atoms with van der Waals surface area (Å²) in [7, 11) is -2.40. The number of benzene rings is 1. The molecule has 38 heavy (non-hydrogen) atoms. The SMILES string of the molecule is Cn1cc(-c2ccc(S(=O)(=O)[C@@H]3C[C@@H](C(=O)O)N(C(=O)C4(c5ncc(Cl)cc5F)CCN4)C3)c(Cl)c2)cn1. The van der Waals surface area contributed by atoms with Crippen molar-refractivity contribution in [2.24, 2.45) is 7.05 Å². The van der Waals surface area contributed by atoms with Gasteiger partial charge >= 0.3 is 5.97 Å². The van der Waals surface area contributed by atoms with Gasteiger partial charge in [-0.1, -0.05) is 29.3 Å². The number of hydrogen-bond donors (Lipinski definition) is 2. The minimum atomic E-state index is -4.15. The van der Waals surface area contributed by atoms with Gasteiger partial charge < -0.3 is 10.0 Å². The number of aromatic nitrogens is 3. The number of nitrogens with one attached hydrogen (secondary N) is 1. The second-order valence-electron chi connectivity index (χ2n) is 9.33. The number of aliphatic carboxylic acids is 1. The first-order valence-corrected chi connectivity index (χ1v) is 13.9. The molecule has 0 bridgehead atoms. The maximum atomic E-state index is 14.8. The summed E-state index contributed by atoms with van der Waals surface area (Å²) in [4.78, 5) is 30.6. The topological polar surface area (TPSA) is 134 Å². The van der Waals surface area contributed by atoms with E-state index in [1.807, 2.05) is 0 Å². The van der Waals surface area contributed by atoms with Crippen LogP contribution in [0.1, 0.15) is 18.5 Å². The Bertz CT molecular complexity index is 1560. The second kappa shape index (κ2) is 9.60. The van der Waals surface area contributed by atoms with E-state index in [2.05, 4.69) is 15.4 Å². The van der Waals surface area contributed by atoms with Crippen molar-refractivity contribution in [2.75, 3.05) is 13.1 Å². The highest BCUT2D eigenvalue weighted by Crippen LogP contribution is 2.39. The molecule has 2 aromatic heterocycles. The Morgan fingerprint density at radius 3 is 2.50 bits per heavy atom. The van der Waals surface area contributed by atoms with Gasteiger partial charge in [-0.3, -0.25) is 19.8 Å². The van der Waals surface area contributed by atoms with Crippen molar-refractivity contribution in [3.05, 3.63) is 64.4 Å². The van der Waals surface area contributed by atoms with E-state index in [4.69, 9.17) is 23.2 Å². The first kappa shape index (κ1) is 26.5. The lowest BCUT2D eigenvalue weighted by Crippen LogP contribution is -2.65. The van der Waals surface area contributed by atoms with Gasteiger partial charge in [-0.05, 0) is 43.1 Å². The molecule has 0 saturated carbocycles. The molecule has 1 unspecified atom stereocenters. The Kier molecular flexibility index (Phi) is 6.70. The standard InChI is InChI=1S/C24H22Cl2FN5O5S/c1-31-11-14(9-30-31)13-2-3-20(17(26)6-13)38(36,37)16-8-19(22(33)34)32(12-16)23(35)24(4-5-29-24)21-18(27)7-15(25)10-28-21/h2-3,6-7,9-11,16,19,29H,4-5,8,12H2,1H3,(H,33,34)/t16-,19+,24?/m1/s1. The number of carbonyl (C=O) groups excluding carboxylic acids is 1. The third-order valence-corrected chi connectivity index (χ3v) is 9.85. The third kappa shape index (κ3) is 4.35. The molecule has 0 radical (unpaired) electrons. The quantitative estimate of drug-likeness (QED) is 0.453. The van der Waals surface area contributed by atoms with Crippen LogP contribution in [0.5, 0.6) is 0 Å². The average molecular weight is 582 g/mol. The zero-order chi connectivity index (χ0) is 27.4. The first-order valence-electron chi connectivity index (χ1n) is 11.6. The molecule has 2 aliphatic rings. The molecular formula is C24H22Cl2FN5O5S. The van der Waals surface area contributed by atoms with Crippen LogP contribution in [-0.2, 0) is 32.0 Å². The van der Waals surface area contributed by atoms with Crippen molar-refractivity contribution >= 4 is 44.9 Å². The summed E-state index contributed by atoms with van der Waals surface area (Å²) < 4.78 is 43.6. The molecule has 4 heterocycles. The van der Waals surface area contributed by atoms with Crippen LogP contribution in [0.4, 0.5) is 4.39 Å². The molecule has 1 amide bonds. The monoisotopic (exact) mass is 581 g/mol. The van der Waals surface area contributed by atoms with Crippen LogP contribution in [0.25, 0.3) is 11.1 Å². The highest BCUT2D eigenvalue weighted by Gasteiger charge is 2.55. The van der Waals surface area contributed by atoms with Gasteiger partial charge in [0.15, 0.2) is 9.84 Å². The maximum Gasteiger partial charge on any atom is 0.326 e. The molecule has 5 rings (SSSR count). The molecular weight excluding hydrogens is 560 g/mol. The lowest BCUT2D eigenvalue weighted by Gasteiger charge is -2.44. The van der Waals surface area contributed by atoms with Crippen LogP contribution >= 0.6 is 23.2 Å². The summed E-state index contributed by atoms with van der Waals surface area (Å²) >= 11 is 12.2. The minimum Gasteiger partial charge on any atom is -0.480 e. The van der Waals surface area contributed by atoms with Crippen molar-refractivity contribution < 1.29 is 27.5 Å². The molecule has 2 aliphatic heterocycles. The number of nitrogens with zero attached hydrogens (tertiary/aromatic N) is 4. The Morgan fingerprint density at radius 2 is 1.95 bits per heavy atom. The lowest BCUT2D eigenvalue weighted by atomic mass is 9.82. The zero-order valence-corrected chi connectivity index (χ0v) is 22.3. The van der Waals surface area contributed by atoms with Gasteiger partial charge in [0, 0.05) is 31.5 Å². The molecule has 14 heteroatoms. The average Bonchev–Trinajstić information content (AvgIpc) is 3.47. The predicted octanol–water partition coefficient (Wildman–Crippen LogP) is 2.64. The molecule has 0 aliphatic carbocycles. The van der Waals surface area contributed by atoms with Crippen LogP contribution in [0, 0.1) is 5.82 Å². The first-order chi connectivity index (χ1) is 17.9. The van der Waals surface area contributed by atoms with Crippen LogP contribution in [0.2, 0.25) is 10.0 Å². The Labute approximate surface area is 227 Å². The molecule has 2 N–H and O–H groups in total. The molecule has 3 atom stereocenters. The van der Waals surface area contributed by atoms with Crippen LogP contribution in [-0.4, -0.2) is 69.4 Å². The fourth-order valence-electron chi connectivity index (χ4n) is 4.98. The molecule has 2 fully saturated rings. The van der Waals surface area contributed by atoms with E-state index in [0.717, 1.165) is 16.5 Å². The number of rotatable bonds is 6. The second-order valence-corrected chi connectivity index (χ2v) is 12.4. The largest absolute Gasteiger partial charge is 0.480 e. The highest BCUT2D eigenvalue weighted by molar-refractivity contribution is 7.92. The fraction of sp³-hybridized carbons (Fsp3) is 0.333. The van der Waals surface area contributed by atoms with Crippen LogP contribution in [0.15, 0.2) is 47.8 Å². The molecule has 2 saturated heterocycles. The molecule has 200 valence electrons. The number of sulfone groups is 1. The summed E-state index contributed by atoms with van der Waals surface area (Å²) in [5, 5.41) is 15.6. The van der Waals surface area contributed by atoms with Gasteiger partial charge in [0.2, 0.25) is 5.91 Å². The third-order valence-electron chi connectivity index (χ3n) is 7.03. The fourth-order valence-corrected chi connectivity index (χ4v) is 7.36. The Hall–Kier alpha value is -3.06. The van der Waals surface area contributed by atoms with E-state index < -0.39 is 50.9 Å². The smallest absolute Gasteiger partial charge is 0.326 e. The van der Waals surface area contributed by atoms with Gasteiger partial charge in [-0.25, -0.2) is 17.6 Å². The number of amides is 1. The molecule has 0 spiro atoms. The number of carbonyl (C=O) groups is 2. The number of carboxylic acid groups (broad SMARTS) is 1. The summed E-state index contributed by atoms with van der Waals surface area (Å²) in [5.41, 5.74) is -0.445. The van der Waals surface area contributed by atoms with Gasteiger partial charge in [-0.2, -0.15) is 5.10 Å². The normalized spacial score (nSPS) is 23.3. The van der Waals surface area contributed by atoms with Crippen molar-refractivity contribution in [3.8, 4) is 11.1 Å². The van der Waals surface area contributed by atoms with Crippen molar-refractivity contribution in [1.82, 2.24) is 25.0 Å². The summed E-state index contributed by atoms with van der Waals surface area (Å²) in [6.45, 7) is -0.0425. The van der Waals surface area contributed by atoms with Gasteiger partial charge in [0.05, 0.1) is 26.4 Å². The van der Waals surface area contributed by atoms with E-state index >= 15 is 0 Å². The molecule has 10 nitrogen and oxygen atoms in total. The maximum absolute atomic E-state index is 14.8. The van der Waals surface area contributed by atoms with E-state index in [0.29, 0.717) is 12.1 Å². The minimum absolute atomic E-state index is 0.0347. The zero-order valence-electron chi connectivity index (χ0n) is 19.9.